The zero-order valence-corrected chi connectivity index (χ0v) is 13.9. The molecule has 24 heavy (non-hydrogen) atoms. The number of nitrogens with one attached hydrogen (secondary N) is 2. The van der Waals surface area contributed by atoms with E-state index < -0.39 is 0 Å². The summed E-state index contributed by atoms with van der Waals surface area (Å²) in [6.07, 6.45) is 0.923. The Labute approximate surface area is 141 Å². The summed E-state index contributed by atoms with van der Waals surface area (Å²) in [6.45, 7) is 3.86. The molecule has 0 atom stereocenters. The summed E-state index contributed by atoms with van der Waals surface area (Å²) in [5.41, 5.74) is 3.54. The number of hydrogen-bond donors (Lipinski definition) is 2. The van der Waals surface area contributed by atoms with Crippen molar-refractivity contribution in [1.82, 2.24) is 5.32 Å². The predicted octanol–water partition coefficient (Wildman–Crippen LogP) is 2.99. The highest BCUT2D eigenvalue weighted by Crippen LogP contribution is 2.20. The standard InChI is InChI=1S/C19H21FN2O2/c1-3-15-6-4-5-13(2)19(15)22-18(24)12-21-17(23)11-14-7-9-16(20)10-8-14/h4-10H,3,11-12H2,1-2H3,(H,21,23)(H,22,24). The van der Waals surface area contributed by atoms with Crippen molar-refractivity contribution in [2.24, 2.45) is 0 Å². The molecule has 2 aromatic carbocycles. The summed E-state index contributed by atoms with van der Waals surface area (Å²) in [5, 5.41) is 5.43. The van der Waals surface area contributed by atoms with Crippen molar-refractivity contribution in [1.29, 1.82) is 0 Å². The molecule has 2 aromatic rings. The Kier molecular flexibility index (Phi) is 6.07. The van der Waals surface area contributed by atoms with Crippen molar-refractivity contribution in [3.8, 4) is 0 Å². The summed E-state index contributed by atoms with van der Waals surface area (Å²) in [7, 11) is 0. The van der Waals surface area contributed by atoms with Gasteiger partial charge in [-0.25, -0.2) is 4.39 Å². The van der Waals surface area contributed by atoms with Gasteiger partial charge in [-0.15, -0.1) is 0 Å². The zero-order valence-electron chi connectivity index (χ0n) is 13.9. The Morgan fingerprint density at radius 2 is 1.75 bits per heavy atom. The summed E-state index contributed by atoms with van der Waals surface area (Å²) >= 11 is 0. The third kappa shape index (κ3) is 4.91. The number of aryl methyl sites for hydroxylation is 2. The van der Waals surface area contributed by atoms with E-state index in [9.17, 15) is 14.0 Å². The summed E-state index contributed by atoms with van der Waals surface area (Å²) < 4.78 is 12.8. The molecule has 2 amide bonds. The quantitative estimate of drug-likeness (QED) is 0.856. The van der Waals surface area contributed by atoms with Crippen LogP contribution in [0.4, 0.5) is 10.1 Å². The van der Waals surface area contributed by atoms with Gasteiger partial charge >= 0.3 is 0 Å². The molecule has 2 rings (SSSR count). The maximum atomic E-state index is 12.8. The molecule has 4 nitrogen and oxygen atoms in total. The lowest BCUT2D eigenvalue weighted by Gasteiger charge is -2.13. The van der Waals surface area contributed by atoms with Crippen molar-refractivity contribution in [2.75, 3.05) is 11.9 Å². The smallest absolute Gasteiger partial charge is 0.243 e. The molecule has 126 valence electrons. The van der Waals surface area contributed by atoms with Gasteiger partial charge < -0.3 is 10.6 Å². The van der Waals surface area contributed by atoms with Gasteiger partial charge in [-0.05, 0) is 42.2 Å². The van der Waals surface area contributed by atoms with Gasteiger partial charge in [-0.1, -0.05) is 37.3 Å². The van der Waals surface area contributed by atoms with E-state index in [1.807, 2.05) is 32.0 Å². The number of rotatable bonds is 6. The minimum atomic E-state index is -0.344. The molecule has 0 saturated carbocycles. The van der Waals surface area contributed by atoms with Crippen LogP contribution in [0.1, 0.15) is 23.6 Å². The summed E-state index contributed by atoms with van der Waals surface area (Å²) in [5.74, 6) is -0.896. The second-order valence-electron chi connectivity index (χ2n) is 5.59. The first-order valence-corrected chi connectivity index (χ1v) is 7.89. The number of carbonyl (C=O) groups excluding carboxylic acids is 2. The minimum Gasteiger partial charge on any atom is -0.347 e. The number of halogens is 1. The van der Waals surface area contributed by atoms with Crippen molar-refractivity contribution >= 4 is 17.5 Å². The molecular formula is C19H21FN2O2. The molecule has 2 N–H and O–H groups in total. The third-order valence-electron chi connectivity index (χ3n) is 3.73. The van der Waals surface area contributed by atoms with Crippen molar-refractivity contribution in [2.45, 2.75) is 26.7 Å². The highest BCUT2D eigenvalue weighted by molar-refractivity contribution is 5.96. The molecule has 0 spiro atoms. The van der Waals surface area contributed by atoms with Crippen LogP contribution < -0.4 is 10.6 Å². The fraction of sp³-hybridized carbons (Fsp3) is 0.263. The van der Waals surface area contributed by atoms with Crippen molar-refractivity contribution in [3.63, 3.8) is 0 Å². The van der Waals surface area contributed by atoms with Gasteiger partial charge in [0.2, 0.25) is 11.8 Å². The fourth-order valence-electron chi connectivity index (χ4n) is 2.41. The molecule has 0 heterocycles. The normalized spacial score (nSPS) is 10.3. The van der Waals surface area contributed by atoms with Gasteiger partial charge in [0, 0.05) is 5.69 Å². The highest BCUT2D eigenvalue weighted by atomic mass is 19.1. The van der Waals surface area contributed by atoms with E-state index in [2.05, 4.69) is 10.6 Å². The van der Waals surface area contributed by atoms with Crippen LogP contribution in [-0.4, -0.2) is 18.4 Å². The molecule has 0 aliphatic heterocycles. The Balaban J connectivity index is 1.87. The Hall–Kier alpha value is -2.69. The second-order valence-corrected chi connectivity index (χ2v) is 5.59. The predicted molar refractivity (Wildman–Crippen MR) is 92.3 cm³/mol. The van der Waals surface area contributed by atoms with E-state index in [0.717, 1.165) is 23.2 Å². The number of anilines is 1. The number of para-hydroxylation sites is 1. The zero-order chi connectivity index (χ0) is 17.5. The average Bonchev–Trinajstić information content (AvgIpc) is 2.57. The van der Waals surface area contributed by atoms with Gasteiger partial charge in [0.25, 0.3) is 0 Å². The third-order valence-corrected chi connectivity index (χ3v) is 3.73. The SMILES string of the molecule is CCc1cccc(C)c1NC(=O)CNC(=O)Cc1ccc(F)cc1. The topological polar surface area (TPSA) is 58.2 Å². The molecule has 0 aliphatic rings. The van der Waals surface area contributed by atoms with E-state index in [1.165, 1.54) is 12.1 Å². The second kappa shape index (κ2) is 8.24. The molecule has 0 aliphatic carbocycles. The van der Waals surface area contributed by atoms with Crippen LogP contribution in [0.3, 0.4) is 0 Å². The lowest BCUT2D eigenvalue weighted by Crippen LogP contribution is -2.34. The number of hydrogen-bond acceptors (Lipinski definition) is 2. The average molecular weight is 328 g/mol. The van der Waals surface area contributed by atoms with Gasteiger partial charge in [0.15, 0.2) is 0 Å². The van der Waals surface area contributed by atoms with E-state index in [4.69, 9.17) is 0 Å². The first-order valence-electron chi connectivity index (χ1n) is 7.89. The number of benzene rings is 2. The van der Waals surface area contributed by atoms with Crippen LogP contribution in [0.5, 0.6) is 0 Å². The van der Waals surface area contributed by atoms with E-state index in [1.54, 1.807) is 12.1 Å². The van der Waals surface area contributed by atoms with Crippen LogP contribution in [0.15, 0.2) is 42.5 Å². The minimum absolute atomic E-state index is 0.0997. The maximum absolute atomic E-state index is 12.8. The van der Waals surface area contributed by atoms with Gasteiger partial charge in [0.05, 0.1) is 13.0 Å². The van der Waals surface area contributed by atoms with E-state index >= 15 is 0 Å². The largest absolute Gasteiger partial charge is 0.347 e. The van der Waals surface area contributed by atoms with Crippen molar-refractivity contribution < 1.29 is 14.0 Å². The molecule has 0 fully saturated rings. The van der Waals surface area contributed by atoms with Crippen molar-refractivity contribution in [3.05, 3.63) is 65.0 Å². The Bertz CT molecular complexity index is 727. The van der Waals surface area contributed by atoms with E-state index in [-0.39, 0.29) is 30.6 Å². The monoisotopic (exact) mass is 328 g/mol. The number of amides is 2. The molecule has 0 bridgehead atoms. The van der Waals surface area contributed by atoms with Crippen LogP contribution in [0, 0.1) is 12.7 Å². The highest BCUT2D eigenvalue weighted by Gasteiger charge is 2.10. The first-order chi connectivity index (χ1) is 11.5. The summed E-state index contributed by atoms with van der Waals surface area (Å²) in [6, 6.07) is 11.6. The van der Waals surface area contributed by atoms with Crippen LogP contribution in [0.25, 0.3) is 0 Å². The van der Waals surface area contributed by atoms with Gasteiger partial charge in [0.1, 0.15) is 5.82 Å². The maximum Gasteiger partial charge on any atom is 0.243 e. The fourth-order valence-corrected chi connectivity index (χ4v) is 2.41. The lowest BCUT2D eigenvalue weighted by molar-refractivity contribution is -0.123. The Morgan fingerprint density at radius 1 is 1.04 bits per heavy atom. The van der Waals surface area contributed by atoms with Crippen LogP contribution in [0.2, 0.25) is 0 Å². The molecule has 0 unspecified atom stereocenters. The molecular weight excluding hydrogens is 307 g/mol. The van der Waals surface area contributed by atoms with Gasteiger partial charge in [-0.3, -0.25) is 9.59 Å². The number of carbonyl (C=O) groups is 2. The molecule has 0 radical (unpaired) electrons. The molecule has 5 heteroatoms. The molecule has 0 aromatic heterocycles. The van der Waals surface area contributed by atoms with Gasteiger partial charge in [-0.2, -0.15) is 0 Å². The first kappa shape index (κ1) is 17.7. The summed E-state index contributed by atoms with van der Waals surface area (Å²) in [4.78, 5) is 23.9. The molecule has 0 saturated heterocycles. The Morgan fingerprint density at radius 3 is 2.42 bits per heavy atom. The van der Waals surface area contributed by atoms with Crippen LogP contribution in [-0.2, 0) is 22.4 Å². The lowest BCUT2D eigenvalue weighted by atomic mass is 10.1. The van der Waals surface area contributed by atoms with E-state index in [0.29, 0.717) is 5.56 Å². The van der Waals surface area contributed by atoms with Crippen LogP contribution >= 0.6 is 0 Å².